The van der Waals surface area contributed by atoms with E-state index in [2.05, 4.69) is 135 Å². The van der Waals surface area contributed by atoms with Gasteiger partial charge in [0.1, 0.15) is 12.4 Å². The van der Waals surface area contributed by atoms with Gasteiger partial charge in [0.2, 0.25) is 0 Å². The molecule has 1 aromatic heterocycles. The van der Waals surface area contributed by atoms with Crippen LogP contribution >= 0.6 is 11.6 Å². The number of carbonyl (C=O) groups is 1. The number of piperidine rings is 3. The fraction of sp³-hybridized carbons (Fsp3) is 0.389. The second-order valence-corrected chi connectivity index (χ2v) is 18.1. The first-order chi connectivity index (χ1) is 30.1. The Labute approximate surface area is 368 Å². The third-order valence-electron chi connectivity index (χ3n) is 13.9. The number of benzene rings is 5. The van der Waals surface area contributed by atoms with Crippen LogP contribution in [0.4, 0.5) is 0 Å². The number of ketones is 1. The number of carbonyl (C=O) groups excluding carboxylic acids is 1. The fourth-order valence-corrected chi connectivity index (χ4v) is 11.1. The largest absolute Gasteiger partial charge is 0.487 e. The van der Waals surface area contributed by atoms with Crippen LogP contribution in [0, 0.1) is 5.92 Å². The number of hydrogen-bond donors (Lipinski definition) is 0. The summed E-state index contributed by atoms with van der Waals surface area (Å²) in [7, 11) is 0. The van der Waals surface area contributed by atoms with Gasteiger partial charge in [-0.15, -0.1) is 0 Å². The minimum absolute atomic E-state index is 0.197. The van der Waals surface area contributed by atoms with Crippen LogP contribution in [0.25, 0.3) is 10.9 Å². The van der Waals surface area contributed by atoms with E-state index in [9.17, 15) is 4.79 Å². The minimum atomic E-state index is -0.399. The molecule has 0 amide bonds. The molecule has 3 aliphatic rings. The number of para-hydroxylation sites is 1. The van der Waals surface area contributed by atoms with Gasteiger partial charge in [0.05, 0.1) is 23.3 Å². The molecule has 4 heterocycles. The number of Topliss-reactive ketones (excluding diaryl/α,β-unsaturated/α-hetero) is 1. The molecule has 0 bridgehead atoms. The molecular weight excluding hydrogens is 772 g/mol. The number of ether oxygens (including phenoxy) is 1. The third kappa shape index (κ3) is 9.11. The van der Waals surface area contributed by atoms with Gasteiger partial charge in [-0.2, -0.15) is 0 Å². The van der Waals surface area contributed by atoms with Crippen LogP contribution in [0.3, 0.4) is 0 Å². The monoisotopic (exact) mass is 832 g/mol. The third-order valence-corrected chi connectivity index (χ3v) is 14.2. The lowest BCUT2D eigenvalue weighted by atomic mass is 9.74. The number of nitrogens with zero attached hydrogens (tertiary/aromatic N) is 4. The molecule has 1 atom stereocenters. The highest BCUT2D eigenvalue weighted by Crippen LogP contribution is 2.45. The van der Waals surface area contributed by atoms with Crippen molar-refractivity contribution in [2.24, 2.45) is 5.92 Å². The molecule has 6 aromatic rings. The van der Waals surface area contributed by atoms with Gasteiger partial charge in [-0.25, -0.2) is 0 Å². The maximum absolute atomic E-state index is 14.7. The minimum Gasteiger partial charge on any atom is -0.487 e. The Morgan fingerprint density at radius 3 is 1.90 bits per heavy atom. The van der Waals surface area contributed by atoms with E-state index in [-0.39, 0.29) is 5.78 Å². The second-order valence-electron chi connectivity index (χ2n) is 17.7. The smallest absolute Gasteiger partial charge is 0.179 e. The first-order valence-electron chi connectivity index (χ1n) is 23.0. The van der Waals surface area contributed by atoms with E-state index in [1.54, 1.807) is 0 Å². The van der Waals surface area contributed by atoms with E-state index in [1.807, 2.05) is 24.3 Å². The van der Waals surface area contributed by atoms with Crippen molar-refractivity contribution in [3.63, 3.8) is 0 Å². The van der Waals surface area contributed by atoms with Crippen LogP contribution < -0.4 is 4.74 Å². The quantitative estimate of drug-likeness (QED) is 0.0761. The van der Waals surface area contributed by atoms with Gasteiger partial charge < -0.3 is 14.2 Å². The van der Waals surface area contributed by atoms with Gasteiger partial charge in [0.15, 0.2) is 5.78 Å². The van der Waals surface area contributed by atoms with Crippen LogP contribution in [0.1, 0.15) is 90.5 Å². The van der Waals surface area contributed by atoms with Crippen LogP contribution in [-0.2, 0) is 18.7 Å². The summed E-state index contributed by atoms with van der Waals surface area (Å²) >= 11 is 6.25. The van der Waals surface area contributed by atoms with Crippen LogP contribution in [0.5, 0.6) is 5.75 Å². The number of aryl methyl sites for hydroxylation is 1. The lowest BCUT2D eigenvalue weighted by Crippen LogP contribution is -2.52. The predicted octanol–water partition coefficient (Wildman–Crippen LogP) is 11.5. The predicted molar refractivity (Wildman–Crippen MR) is 250 cm³/mol. The molecule has 316 valence electrons. The van der Waals surface area contributed by atoms with Gasteiger partial charge in [-0.1, -0.05) is 127 Å². The SMILES string of the molecule is O=C(CN1CCC(N2CCCCC2)CC1)c1c(COc2ccc(Cl)cc2)n(CCCC2CCCN(C(c3ccccc3)(c3ccccc3)c3ccccc3)C2)c2ccccc12. The molecule has 7 heteroatoms. The van der Waals surface area contributed by atoms with E-state index >= 15 is 0 Å². The Morgan fingerprint density at radius 1 is 0.656 bits per heavy atom. The number of aromatic nitrogens is 1. The fourth-order valence-electron chi connectivity index (χ4n) is 11.0. The molecule has 9 rings (SSSR count). The van der Waals surface area contributed by atoms with Gasteiger partial charge in [-0.05, 0) is 124 Å². The van der Waals surface area contributed by atoms with E-state index < -0.39 is 5.54 Å². The summed E-state index contributed by atoms with van der Waals surface area (Å²) in [5, 5.41) is 1.71. The average Bonchev–Trinajstić information content (AvgIpc) is 3.64. The van der Waals surface area contributed by atoms with Crippen molar-refractivity contribution >= 4 is 28.3 Å². The van der Waals surface area contributed by atoms with Crippen molar-refractivity contribution in [3.8, 4) is 5.75 Å². The standard InChI is InChI=1S/C54H61ClN4O2/c55-46-27-29-48(30-28-46)61-41-51-53(52(60)40-56-37-31-47(32-38-56)57-33-13-4-14-34-57)49-25-11-12-26-50(49)59(51)36-16-18-42-17-15-35-58(39-42)54(43-19-5-1-6-20-43,44-21-7-2-8-22-44)45-23-9-3-10-24-45/h1-3,5-12,19-30,42,47H,4,13-18,31-41H2. The molecule has 0 spiro atoms. The van der Waals surface area contributed by atoms with Crippen LogP contribution in [-0.4, -0.2) is 76.9 Å². The molecule has 5 aromatic carbocycles. The van der Waals surface area contributed by atoms with E-state index in [1.165, 1.54) is 55.5 Å². The topological polar surface area (TPSA) is 41.0 Å². The van der Waals surface area contributed by atoms with Gasteiger partial charge in [0, 0.05) is 48.1 Å². The molecule has 6 nitrogen and oxygen atoms in total. The van der Waals surface area contributed by atoms with Gasteiger partial charge in [0.25, 0.3) is 0 Å². The molecular formula is C54H61ClN4O2. The summed E-state index contributed by atoms with van der Waals surface area (Å²) in [5.74, 6) is 1.48. The zero-order valence-electron chi connectivity index (χ0n) is 35.6. The molecule has 0 N–H and O–H groups in total. The Bertz CT molecular complexity index is 2220. The highest BCUT2D eigenvalue weighted by molar-refractivity contribution is 6.30. The number of rotatable bonds is 15. The van der Waals surface area contributed by atoms with Gasteiger partial charge in [-0.3, -0.25) is 14.6 Å². The average molecular weight is 834 g/mol. The van der Waals surface area contributed by atoms with Crippen LogP contribution in [0.2, 0.25) is 5.02 Å². The summed E-state index contributed by atoms with van der Waals surface area (Å²) in [6.07, 6.45) is 10.8. The molecule has 1 unspecified atom stereocenters. The van der Waals surface area contributed by atoms with Crippen molar-refractivity contribution in [2.75, 3.05) is 45.8 Å². The van der Waals surface area contributed by atoms with E-state index in [0.29, 0.717) is 30.1 Å². The molecule has 3 saturated heterocycles. The molecule has 0 saturated carbocycles. The zero-order chi connectivity index (χ0) is 41.4. The summed E-state index contributed by atoms with van der Waals surface area (Å²) in [4.78, 5) is 22.5. The maximum Gasteiger partial charge on any atom is 0.179 e. The first kappa shape index (κ1) is 41.6. The summed E-state index contributed by atoms with van der Waals surface area (Å²) in [5.41, 5.74) is 6.44. The lowest BCUT2D eigenvalue weighted by molar-refractivity contribution is 0.0774. The van der Waals surface area contributed by atoms with Crippen molar-refractivity contribution in [3.05, 3.63) is 172 Å². The highest BCUT2D eigenvalue weighted by atomic mass is 35.5. The zero-order valence-corrected chi connectivity index (χ0v) is 36.4. The molecule has 0 aliphatic carbocycles. The van der Waals surface area contributed by atoms with Crippen molar-refractivity contribution in [1.82, 2.24) is 19.3 Å². The van der Waals surface area contributed by atoms with E-state index in [0.717, 1.165) is 92.7 Å². The maximum atomic E-state index is 14.7. The summed E-state index contributed by atoms with van der Waals surface area (Å²) < 4.78 is 8.90. The lowest BCUT2D eigenvalue weighted by Gasteiger charge is -2.49. The Hall–Kier alpha value is -4.72. The molecule has 3 aliphatic heterocycles. The Kier molecular flexibility index (Phi) is 13.3. The van der Waals surface area contributed by atoms with E-state index in [4.69, 9.17) is 16.3 Å². The van der Waals surface area contributed by atoms with Crippen molar-refractivity contribution in [2.45, 2.75) is 82.5 Å². The molecule has 0 radical (unpaired) electrons. The Balaban J connectivity index is 0.967. The van der Waals surface area contributed by atoms with Gasteiger partial charge >= 0.3 is 0 Å². The van der Waals surface area contributed by atoms with Crippen molar-refractivity contribution in [1.29, 1.82) is 0 Å². The second kappa shape index (κ2) is 19.5. The Morgan fingerprint density at radius 2 is 1.26 bits per heavy atom. The highest BCUT2D eigenvalue weighted by Gasteiger charge is 2.43. The summed E-state index contributed by atoms with van der Waals surface area (Å²) in [6, 6.07) is 50.1. The number of hydrogen-bond acceptors (Lipinski definition) is 5. The molecule has 61 heavy (non-hydrogen) atoms. The van der Waals surface area contributed by atoms with Crippen molar-refractivity contribution < 1.29 is 9.53 Å². The summed E-state index contributed by atoms with van der Waals surface area (Å²) in [6.45, 7) is 8.04. The molecule has 3 fully saturated rings. The normalized spacial score (nSPS) is 18.7. The number of likely N-dealkylation sites (tertiary alicyclic amines) is 3. The van der Waals surface area contributed by atoms with Crippen LogP contribution in [0.15, 0.2) is 140 Å². The number of halogens is 1. The number of fused-ring (bicyclic) bond motifs is 1. The first-order valence-corrected chi connectivity index (χ1v) is 23.4.